The van der Waals surface area contributed by atoms with Gasteiger partial charge < -0.3 is 20.1 Å². The van der Waals surface area contributed by atoms with Gasteiger partial charge in [0.2, 0.25) is 0 Å². The fourth-order valence-corrected chi connectivity index (χ4v) is 2.56. The van der Waals surface area contributed by atoms with E-state index in [0.717, 1.165) is 16.9 Å². The molecule has 0 saturated carbocycles. The van der Waals surface area contributed by atoms with E-state index in [9.17, 15) is 14.0 Å². The van der Waals surface area contributed by atoms with E-state index in [-0.39, 0.29) is 12.3 Å². The van der Waals surface area contributed by atoms with E-state index >= 15 is 0 Å². The van der Waals surface area contributed by atoms with E-state index in [1.807, 2.05) is 42.5 Å². The van der Waals surface area contributed by atoms with Crippen LogP contribution < -0.4 is 15.4 Å². The SMILES string of the molecule is Cc1ccc(NC(=O)COC(=O)COc2ccc(Nc3ccccc3)cc2)c(F)c1. The first-order chi connectivity index (χ1) is 14.5. The lowest BCUT2D eigenvalue weighted by Gasteiger charge is -2.10. The number of carbonyl (C=O) groups is 2. The van der Waals surface area contributed by atoms with E-state index in [0.29, 0.717) is 5.75 Å². The van der Waals surface area contributed by atoms with Crippen LogP contribution in [0.5, 0.6) is 5.75 Å². The molecule has 0 atom stereocenters. The molecule has 0 aromatic heterocycles. The van der Waals surface area contributed by atoms with Crippen LogP contribution in [-0.4, -0.2) is 25.1 Å². The van der Waals surface area contributed by atoms with Gasteiger partial charge in [0.25, 0.3) is 5.91 Å². The highest BCUT2D eigenvalue weighted by Gasteiger charge is 2.11. The molecule has 0 saturated heterocycles. The predicted molar refractivity (Wildman–Crippen MR) is 112 cm³/mol. The Hall–Kier alpha value is -3.87. The molecule has 3 aromatic carbocycles. The van der Waals surface area contributed by atoms with Gasteiger partial charge in [0.05, 0.1) is 5.69 Å². The highest BCUT2D eigenvalue weighted by atomic mass is 19.1. The Bertz CT molecular complexity index is 1010. The quantitative estimate of drug-likeness (QED) is 0.539. The van der Waals surface area contributed by atoms with Crippen LogP contribution in [0, 0.1) is 12.7 Å². The van der Waals surface area contributed by atoms with Crippen molar-refractivity contribution in [3.05, 3.63) is 84.2 Å². The first-order valence-electron chi connectivity index (χ1n) is 9.26. The van der Waals surface area contributed by atoms with E-state index in [1.54, 1.807) is 25.1 Å². The molecule has 0 aliphatic heterocycles. The Morgan fingerprint density at radius 3 is 2.30 bits per heavy atom. The third-order valence-corrected chi connectivity index (χ3v) is 4.04. The molecule has 3 aromatic rings. The Morgan fingerprint density at radius 2 is 1.60 bits per heavy atom. The number of esters is 1. The summed E-state index contributed by atoms with van der Waals surface area (Å²) in [5, 5.41) is 5.59. The maximum atomic E-state index is 13.7. The summed E-state index contributed by atoms with van der Waals surface area (Å²) in [7, 11) is 0. The van der Waals surface area contributed by atoms with Crippen molar-refractivity contribution < 1.29 is 23.5 Å². The van der Waals surface area contributed by atoms with E-state index in [2.05, 4.69) is 10.6 Å². The summed E-state index contributed by atoms with van der Waals surface area (Å²) in [5.41, 5.74) is 2.59. The monoisotopic (exact) mass is 408 g/mol. The Kier molecular flexibility index (Phi) is 7.00. The molecular formula is C23H21FN2O4. The van der Waals surface area contributed by atoms with Crippen LogP contribution in [0.4, 0.5) is 21.5 Å². The molecule has 7 heteroatoms. The van der Waals surface area contributed by atoms with Crippen molar-refractivity contribution >= 4 is 28.9 Å². The third-order valence-electron chi connectivity index (χ3n) is 4.04. The van der Waals surface area contributed by atoms with Crippen molar-refractivity contribution in [1.29, 1.82) is 0 Å². The number of carbonyl (C=O) groups excluding carboxylic acids is 2. The first kappa shape index (κ1) is 20.9. The number of nitrogens with one attached hydrogen (secondary N) is 2. The molecule has 0 unspecified atom stereocenters. The van der Waals surface area contributed by atoms with E-state index in [4.69, 9.17) is 9.47 Å². The summed E-state index contributed by atoms with van der Waals surface area (Å²) in [4.78, 5) is 23.6. The lowest BCUT2D eigenvalue weighted by Crippen LogP contribution is -2.24. The minimum atomic E-state index is -0.707. The minimum Gasteiger partial charge on any atom is -0.482 e. The number of anilines is 3. The smallest absolute Gasteiger partial charge is 0.344 e. The number of para-hydroxylation sites is 1. The maximum absolute atomic E-state index is 13.7. The van der Waals surface area contributed by atoms with Gasteiger partial charge in [-0.2, -0.15) is 0 Å². The van der Waals surface area contributed by atoms with Crippen molar-refractivity contribution in [2.45, 2.75) is 6.92 Å². The standard InChI is InChI=1S/C23H21FN2O4/c1-16-7-12-21(20(24)13-16)26-22(27)14-30-23(28)15-29-19-10-8-18(9-11-19)25-17-5-3-2-4-6-17/h2-13,25H,14-15H2,1H3,(H,26,27). The fraction of sp³-hybridized carbons (Fsp3) is 0.130. The van der Waals surface area contributed by atoms with Gasteiger partial charge in [-0.25, -0.2) is 9.18 Å². The Morgan fingerprint density at radius 1 is 0.900 bits per heavy atom. The summed E-state index contributed by atoms with van der Waals surface area (Å²) < 4.78 is 23.9. The Labute approximate surface area is 173 Å². The first-order valence-corrected chi connectivity index (χ1v) is 9.26. The number of aryl methyl sites for hydroxylation is 1. The minimum absolute atomic E-state index is 0.0297. The van der Waals surface area contributed by atoms with Gasteiger partial charge in [0.15, 0.2) is 13.2 Å². The van der Waals surface area contributed by atoms with Crippen LogP contribution in [0.2, 0.25) is 0 Å². The van der Waals surface area contributed by atoms with Gasteiger partial charge in [-0.15, -0.1) is 0 Å². The van der Waals surface area contributed by atoms with Crippen LogP contribution >= 0.6 is 0 Å². The molecule has 0 spiro atoms. The van der Waals surface area contributed by atoms with Gasteiger partial charge in [-0.05, 0) is 61.0 Å². The Balaban J connectivity index is 1.40. The number of halogens is 1. The highest BCUT2D eigenvalue weighted by molar-refractivity contribution is 5.93. The number of amides is 1. The second-order valence-electron chi connectivity index (χ2n) is 6.50. The molecule has 0 radical (unpaired) electrons. The number of rotatable bonds is 8. The second kappa shape index (κ2) is 10.1. The summed E-state index contributed by atoms with van der Waals surface area (Å²) in [6.45, 7) is 0.858. The molecule has 0 aliphatic carbocycles. The molecule has 2 N–H and O–H groups in total. The van der Waals surface area contributed by atoms with Crippen LogP contribution in [0.25, 0.3) is 0 Å². The van der Waals surface area contributed by atoms with Crippen LogP contribution in [0.1, 0.15) is 5.56 Å². The molecule has 154 valence electrons. The third kappa shape index (κ3) is 6.34. The summed E-state index contributed by atoms with van der Waals surface area (Å²) in [6, 6.07) is 21.2. The average molecular weight is 408 g/mol. The zero-order valence-corrected chi connectivity index (χ0v) is 16.4. The summed E-state index contributed by atoms with van der Waals surface area (Å²) in [5.74, 6) is -1.41. The molecule has 30 heavy (non-hydrogen) atoms. The van der Waals surface area contributed by atoms with Crippen LogP contribution in [0.15, 0.2) is 72.8 Å². The van der Waals surface area contributed by atoms with Gasteiger partial charge in [-0.1, -0.05) is 24.3 Å². The lowest BCUT2D eigenvalue weighted by molar-refractivity contribution is -0.149. The molecule has 6 nitrogen and oxygen atoms in total. The number of hydrogen-bond acceptors (Lipinski definition) is 5. The van der Waals surface area contributed by atoms with Gasteiger partial charge in [0, 0.05) is 11.4 Å². The van der Waals surface area contributed by atoms with Crippen molar-refractivity contribution in [3.63, 3.8) is 0 Å². The zero-order valence-electron chi connectivity index (χ0n) is 16.4. The molecule has 0 bridgehead atoms. The van der Waals surface area contributed by atoms with Crippen LogP contribution in [-0.2, 0) is 14.3 Å². The lowest BCUT2D eigenvalue weighted by atomic mass is 10.2. The predicted octanol–water partition coefficient (Wildman–Crippen LogP) is 4.44. The average Bonchev–Trinajstić information content (AvgIpc) is 2.74. The van der Waals surface area contributed by atoms with Crippen molar-refractivity contribution in [3.8, 4) is 5.75 Å². The highest BCUT2D eigenvalue weighted by Crippen LogP contribution is 2.20. The number of ether oxygens (including phenoxy) is 2. The molecular weight excluding hydrogens is 387 g/mol. The largest absolute Gasteiger partial charge is 0.482 e. The molecule has 1 amide bonds. The number of benzene rings is 3. The van der Waals surface area contributed by atoms with Gasteiger partial charge in [0.1, 0.15) is 11.6 Å². The fourth-order valence-electron chi connectivity index (χ4n) is 2.56. The van der Waals surface area contributed by atoms with Crippen LogP contribution in [0.3, 0.4) is 0 Å². The summed E-state index contributed by atoms with van der Waals surface area (Å²) in [6.07, 6.45) is 0. The normalized spacial score (nSPS) is 10.2. The topological polar surface area (TPSA) is 76.7 Å². The van der Waals surface area contributed by atoms with Crippen molar-refractivity contribution in [2.24, 2.45) is 0 Å². The van der Waals surface area contributed by atoms with Gasteiger partial charge >= 0.3 is 5.97 Å². The van der Waals surface area contributed by atoms with Crippen molar-refractivity contribution in [2.75, 3.05) is 23.8 Å². The zero-order chi connectivity index (χ0) is 21.3. The van der Waals surface area contributed by atoms with E-state index in [1.165, 1.54) is 12.1 Å². The maximum Gasteiger partial charge on any atom is 0.344 e. The van der Waals surface area contributed by atoms with E-state index < -0.39 is 24.3 Å². The van der Waals surface area contributed by atoms with Gasteiger partial charge in [-0.3, -0.25) is 4.79 Å². The second-order valence-corrected chi connectivity index (χ2v) is 6.50. The summed E-state index contributed by atoms with van der Waals surface area (Å²) >= 11 is 0. The molecule has 0 fully saturated rings. The molecule has 3 rings (SSSR count). The number of hydrogen-bond donors (Lipinski definition) is 2. The molecule has 0 heterocycles. The van der Waals surface area contributed by atoms with Crippen molar-refractivity contribution in [1.82, 2.24) is 0 Å². The molecule has 0 aliphatic rings.